The zero-order valence-corrected chi connectivity index (χ0v) is 12.7. The molecule has 0 atom stereocenters. The van der Waals surface area contributed by atoms with Gasteiger partial charge in [-0.15, -0.1) is 0 Å². The average Bonchev–Trinajstić information content (AvgIpc) is 2.39. The first-order valence-electron chi connectivity index (χ1n) is 7.09. The molecular formula is C15H20FN3O3. The standard InChI is InChI=1S/C15H20FN3O3/c1-10(20)17-13-8-11(4-5-12(13)16)18-14(21)19-15(9-22-2)6-3-7-15/h4-5,8H,3,6-7,9H2,1-2H3,(H,17,20)(H2,18,19,21). The molecule has 3 N–H and O–H groups in total. The van der Waals surface area contributed by atoms with Crippen molar-refractivity contribution in [2.45, 2.75) is 31.7 Å². The van der Waals surface area contributed by atoms with Crippen molar-refractivity contribution < 1.29 is 18.7 Å². The molecule has 120 valence electrons. The quantitative estimate of drug-likeness (QED) is 0.782. The van der Waals surface area contributed by atoms with Crippen LogP contribution in [0, 0.1) is 5.82 Å². The Morgan fingerprint density at radius 3 is 2.59 bits per heavy atom. The lowest BCUT2D eigenvalue weighted by Gasteiger charge is -2.41. The van der Waals surface area contributed by atoms with E-state index in [0.29, 0.717) is 12.3 Å². The summed E-state index contributed by atoms with van der Waals surface area (Å²) in [5.41, 5.74) is 0.106. The maximum Gasteiger partial charge on any atom is 0.319 e. The predicted octanol–water partition coefficient (Wildman–Crippen LogP) is 2.47. The molecule has 0 bridgehead atoms. The number of nitrogens with one attached hydrogen (secondary N) is 3. The van der Waals surface area contributed by atoms with Crippen LogP contribution in [0.25, 0.3) is 0 Å². The highest BCUT2D eigenvalue weighted by molar-refractivity contribution is 5.93. The van der Waals surface area contributed by atoms with Gasteiger partial charge in [0.15, 0.2) is 0 Å². The Morgan fingerprint density at radius 1 is 1.32 bits per heavy atom. The molecule has 6 nitrogen and oxygen atoms in total. The van der Waals surface area contributed by atoms with Gasteiger partial charge in [-0.05, 0) is 37.5 Å². The zero-order chi connectivity index (χ0) is 16.2. The monoisotopic (exact) mass is 309 g/mol. The molecule has 22 heavy (non-hydrogen) atoms. The van der Waals surface area contributed by atoms with Crippen LogP contribution in [-0.2, 0) is 9.53 Å². The van der Waals surface area contributed by atoms with E-state index in [0.717, 1.165) is 19.3 Å². The van der Waals surface area contributed by atoms with Gasteiger partial charge < -0.3 is 20.7 Å². The molecule has 0 spiro atoms. The number of methoxy groups -OCH3 is 1. The van der Waals surface area contributed by atoms with Gasteiger partial charge in [0.1, 0.15) is 5.82 Å². The number of ether oxygens (including phenoxy) is 1. The minimum Gasteiger partial charge on any atom is -0.382 e. The number of benzene rings is 1. The Bertz CT molecular complexity index is 573. The summed E-state index contributed by atoms with van der Waals surface area (Å²) in [6.07, 6.45) is 2.79. The number of halogens is 1. The molecule has 1 aromatic carbocycles. The number of carbonyl (C=O) groups is 2. The van der Waals surface area contributed by atoms with Crippen LogP contribution in [0.5, 0.6) is 0 Å². The van der Waals surface area contributed by atoms with E-state index in [2.05, 4.69) is 16.0 Å². The summed E-state index contributed by atoms with van der Waals surface area (Å²) in [5, 5.41) is 7.91. The van der Waals surface area contributed by atoms with Gasteiger partial charge in [0.25, 0.3) is 0 Å². The minimum absolute atomic E-state index is 0.0283. The highest BCUT2D eigenvalue weighted by atomic mass is 19.1. The number of urea groups is 1. The maximum absolute atomic E-state index is 13.5. The normalized spacial score (nSPS) is 15.6. The number of carbonyl (C=O) groups excluding carboxylic acids is 2. The van der Waals surface area contributed by atoms with Crippen LogP contribution in [0.3, 0.4) is 0 Å². The first-order valence-corrected chi connectivity index (χ1v) is 7.09. The lowest BCUT2D eigenvalue weighted by Crippen LogP contribution is -2.57. The molecule has 1 fully saturated rings. The molecule has 0 heterocycles. The number of hydrogen-bond acceptors (Lipinski definition) is 3. The van der Waals surface area contributed by atoms with Crippen LogP contribution in [0.2, 0.25) is 0 Å². The van der Waals surface area contributed by atoms with Crippen molar-refractivity contribution in [1.82, 2.24) is 5.32 Å². The van der Waals surface area contributed by atoms with E-state index >= 15 is 0 Å². The van der Waals surface area contributed by atoms with Gasteiger partial charge >= 0.3 is 6.03 Å². The second-order valence-electron chi connectivity index (χ2n) is 5.52. The molecular weight excluding hydrogens is 289 g/mol. The topological polar surface area (TPSA) is 79.5 Å². The molecule has 0 unspecified atom stereocenters. The van der Waals surface area contributed by atoms with Crippen molar-refractivity contribution >= 4 is 23.3 Å². The highest BCUT2D eigenvalue weighted by Crippen LogP contribution is 2.32. The molecule has 0 saturated heterocycles. The maximum atomic E-state index is 13.5. The van der Waals surface area contributed by atoms with Gasteiger partial charge in [-0.2, -0.15) is 0 Å². The molecule has 3 amide bonds. The third-order valence-corrected chi connectivity index (χ3v) is 3.64. The molecule has 2 rings (SSSR count). The largest absolute Gasteiger partial charge is 0.382 e. The number of anilines is 2. The Morgan fingerprint density at radius 2 is 2.05 bits per heavy atom. The lowest BCUT2D eigenvalue weighted by atomic mass is 9.77. The third kappa shape index (κ3) is 3.94. The third-order valence-electron chi connectivity index (χ3n) is 3.64. The molecule has 0 radical (unpaired) electrons. The van der Waals surface area contributed by atoms with E-state index in [9.17, 15) is 14.0 Å². The van der Waals surface area contributed by atoms with Crippen molar-refractivity contribution in [3.63, 3.8) is 0 Å². The van der Waals surface area contributed by atoms with E-state index in [1.807, 2.05) is 0 Å². The highest BCUT2D eigenvalue weighted by Gasteiger charge is 2.38. The molecule has 1 aliphatic rings. The van der Waals surface area contributed by atoms with Crippen LogP contribution < -0.4 is 16.0 Å². The summed E-state index contributed by atoms with van der Waals surface area (Å²) in [6.45, 7) is 1.75. The summed E-state index contributed by atoms with van der Waals surface area (Å²) in [5.74, 6) is -0.940. The van der Waals surface area contributed by atoms with E-state index in [1.54, 1.807) is 7.11 Å². The van der Waals surface area contributed by atoms with E-state index in [-0.39, 0.29) is 23.2 Å². The lowest BCUT2D eigenvalue weighted by molar-refractivity contribution is -0.114. The molecule has 0 aliphatic heterocycles. The zero-order valence-electron chi connectivity index (χ0n) is 12.7. The van der Waals surface area contributed by atoms with E-state index < -0.39 is 5.82 Å². The van der Waals surface area contributed by atoms with Crippen molar-refractivity contribution in [1.29, 1.82) is 0 Å². The average molecular weight is 309 g/mol. The number of rotatable bonds is 5. The molecule has 1 aliphatic carbocycles. The van der Waals surface area contributed by atoms with Gasteiger partial charge in [0, 0.05) is 19.7 Å². The summed E-state index contributed by atoms with van der Waals surface area (Å²) in [7, 11) is 1.60. The Hall–Kier alpha value is -2.15. The summed E-state index contributed by atoms with van der Waals surface area (Å²) in [4.78, 5) is 23.1. The fourth-order valence-electron chi connectivity index (χ4n) is 2.48. The molecule has 0 aromatic heterocycles. The Balaban J connectivity index is 2.00. The molecule has 1 saturated carbocycles. The van der Waals surface area contributed by atoms with Gasteiger partial charge in [-0.1, -0.05) is 0 Å². The van der Waals surface area contributed by atoms with Gasteiger partial charge in [0.2, 0.25) is 5.91 Å². The van der Waals surface area contributed by atoms with Crippen molar-refractivity contribution in [2.24, 2.45) is 0 Å². The van der Waals surface area contributed by atoms with Gasteiger partial charge in [-0.25, -0.2) is 9.18 Å². The fraction of sp³-hybridized carbons (Fsp3) is 0.467. The minimum atomic E-state index is -0.559. The van der Waals surface area contributed by atoms with Crippen molar-refractivity contribution in [3.8, 4) is 0 Å². The Kier molecular flexibility index (Phi) is 4.97. The first kappa shape index (κ1) is 16.2. The van der Waals surface area contributed by atoms with Crippen LogP contribution >= 0.6 is 0 Å². The molecule has 1 aromatic rings. The second kappa shape index (κ2) is 6.74. The van der Waals surface area contributed by atoms with Crippen molar-refractivity contribution in [3.05, 3.63) is 24.0 Å². The number of hydrogen-bond donors (Lipinski definition) is 3. The van der Waals surface area contributed by atoms with E-state index in [4.69, 9.17) is 4.74 Å². The summed E-state index contributed by atoms with van der Waals surface area (Å²) >= 11 is 0. The summed E-state index contributed by atoms with van der Waals surface area (Å²) < 4.78 is 18.7. The first-order chi connectivity index (χ1) is 10.4. The molecule has 7 heteroatoms. The summed E-state index contributed by atoms with van der Waals surface area (Å²) in [6, 6.07) is 3.62. The fourth-order valence-corrected chi connectivity index (χ4v) is 2.48. The van der Waals surface area contributed by atoms with Gasteiger partial charge in [0.05, 0.1) is 17.8 Å². The Labute approximate surface area is 128 Å². The SMILES string of the molecule is COCC1(NC(=O)Nc2ccc(F)c(NC(C)=O)c2)CCC1. The number of amides is 3. The van der Waals surface area contributed by atoms with Gasteiger partial charge in [-0.3, -0.25) is 4.79 Å². The van der Waals surface area contributed by atoms with Crippen molar-refractivity contribution in [2.75, 3.05) is 24.4 Å². The second-order valence-corrected chi connectivity index (χ2v) is 5.52. The van der Waals surface area contributed by atoms with Crippen LogP contribution in [0.1, 0.15) is 26.2 Å². The van der Waals surface area contributed by atoms with E-state index in [1.165, 1.54) is 25.1 Å². The van der Waals surface area contributed by atoms with Crippen LogP contribution in [-0.4, -0.2) is 31.2 Å². The van der Waals surface area contributed by atoms with Crippen LogP contribution in [0.15, 0.2) is 18.2 Å². The smallest absolute Gasteiger partial charge is 0.319 e. The van der Waals surface area contributed by atoms with Crippen LogP contribution in [0.4, 0.5) is 20.6 Å². The predicted molar refractivity (Wildman–Crippen MR) is 81.3 cm³/mol.